The largest absolute Gasteiger partial charge is 0.497 e. The summed E-state index contributed by atoms with van der Waals surface area (Å²) in [6.45, 7) is 1.24. The molecule has 0 aliphatic carbocycles. The second kappa shape index (κ2) is 10.8. The molecule has 0 radical (unpaired) electrons. The third-order valence-electron chi connectivity index (χ3n) is 5.21. The summed E-state index contributed by atoms with van der Waals surface area (Å²) >= 11 is 6.68. The van der Waals surface area contributed by atoms with E-state index in [-0.39, 0.29) is 12.0 Å². The first-order valence-electron chi connectivity index (χ1n) is 10.5. The number of carbonyl (C=O) groups is 2. The fourth-order valence-corrected chi connectivity index (χ4v) is 4.74. The third-order valence-corrected chi connectivity index (χ3v) is 6.59. The summed E-state index contributed by atoms with van der Waals surface area (Å²) in [5.41, 5.74) is 1.68. The molecule has 2 aliphatic heterocycles. The number of rotatable bonds is 7. The lowest BCUT2D eigenvalue weighted by molar-refractivity contribution is -0.129. The molecule has 2 fully saturated rings. The highest BCUT2D eigenvalue weighted by molar-refractivity contribution is 8.26. The smallest absolute Gasteiger partial charge is 0.336 e. The number of methoxy groups -OCH3 is 1. The van der Waals surface area contributed by atoms with Crippen molar-refractivity contribution in [3.8, 4) is 11.5 Å². The van der Waals surface area contributed by atoms with Gasteiger partial charge in [0.1, 0.15) is 15.8 Å². The highest BCUT2D eigenvalue weighted by Gasteiger charge is 2.34. The maximum Gasteiger partial charge on any atom is 0.336 e. The molecule has 4 rings (SSSR count). The van der Waals surface area contributed by atoms with Gasteiger partial charge >= 0.3 is 5.97 Å². The Hall–Kier alpha value is -2.94. The van der Waals surface area contributed by atoms with E-state index in [2.05, 4.69) is 0 Å². The molecule has 0 saturated carbocycles. The summed E-state index contributed by atoms with van der Waals surface area (Å²) < 4.78 is 16.6. The Balaban J connectivity index is 1.34. The van der Waals surface area contributed by atoms with Crippen LogP contribution >= 0.6 is 24.0 Å². The number of hydrogen-bond donors (Lipinski definition) is 0. The number of benzene rings is 2. The van der Waals surface area contributed by atoms with Crippen molar-refractivity contribution in [2.24, 2.45) is 0 Å². The first-order chi connectivity index (χ1) is 16.0. The molecule has 2 saturated heterocycles. The monoisotopic (exact) mass is 481 g/mol. The van der Waals surface area contributed by atoms with Crippen molar-refractivity contribution < 1.29 is 23.8 Å². The lowest BCUT2D eigenvalue weighted by Crippen LogP contribution is -2.35. The van der Waals surface area contributed by atoms with Crippen LogP contribution in [0.5, 0.6) is 11.5 Å². The topological polar surface area (TPSA) is 65.1 Å². The first kappa shape index (κ1) is 23.2. The minimum absolute atomic E-state index is 0.0552. The summed E-state index contributed by atoms with van der Waals surface area (Å²) in [5, 5.41) is 0. The Morgan fingerprint density at radius 1 is 1.15 bits per heavy atom. The molecule has 0 unspecified atom stereocenters. The minimum Gasteiger partial charge on any atom is -0.497 e. The van der Waals surface area contributed by atoms with Gasteiger partial charge in [0.25, 0.3) is 5.91 Å². The second-order valence-corrected chi connectivity index (χ2v) is 9.20. The summed E-state index contributed by atoms with van der Waals surface area (Å²) in [5.74, 6) is 0.593. The molecule has 0 aromatic heterocycles. The number of carbonyl (C=O) groups excluding carboxylic acids is 2. The molecular weight excluding hydrogens is 458 g/mol. The zero-order valence-electron chi connectivity index (χ0n) is 18.1. The zero-order chi connectivity index (χ0) is 23.2. The van der Waals surface area contributed by atoms with Crippen LogP contribution in [-0.2, 0) is 14.3 Å². The predicted molar refractivity (Wildman–Crippen MR) is 133 cm³/mol. The SMILES string of the molecule is COc1ccc(/C=C/C(=O)Oc2ccc(/C=C3/SC(=S)N(C[C@@H]4CCCO4)C3=O)cc2)cc1. The van der Waals surface area contributed by atoms with Gasteiger partial charge in [0.05, 0.1) is 24.7 Å². The summed E-state index contributed by atoms with van der Waals surface area (Å²) in [7, 11) is 1.60. The van der Waals surface area contributed by atoms with Crippen LogP contribution in [0.2, 0.25) is 0 Å². The summed E-state index contributed by atoms with van der Waals surface area (Å²) in [6, 6.07) is 14.3. The fraction of sp³-hybridized carbons (Fsp3) is 0.240. The van der Waals surface area contributed by atoms with E-state index in [1.54, 1.807) is 48.4 Å². The standard InChI is InChI=1S/C25H23NO5S2/c1-29-19-9-4-17(5-10-19)8-13-23(27)31-20-11-6-18(7-12-20)15-22-24(28)26(25(32)33-22)16-21-3-2-14-30-21/h4-13,15,21H,2-3,14,16H2,1H3/b13-8+,22-15+/t21-/m0/s1. The van der Waals surface area contributed by atoms with Crippen LogP contribution < -0.4 is 9.47 Å². The number of thiocarbonyl (C=S) groups is 1. The maximum absolute atomic E-state index is 12.8. The Bertz CT molecular complexity index is 1090. The van der Waals surface area contributed by atoms with Crippen LogP contribution in [0.1, 0.15) is 24.0 Å². The van der Waals surface area contributed by atoms with E-state index in [9.17, 15) is 9.59 Å². The van der Waals surface area contributed by atoms with E-state index in [0.29, 0.717) is 21.5 Å². The first-order valence-corrected chi connectivity index (χ1v) is 11.8. The van der Waals surface area contributed by atoms with Crippen molar-refractivity contribution in [2.75, 3.05) is 20.3 Å². The maximum atomic E-state index is 12.8. The zero-order valence-corrected chi connectivity index (χ0v) is 19.7. The Labute approximate surface area is 202 Å². The molecule has 2 aromatic rings. The van der Waals surface area contributed by atoms with Gasteiger partial charge in [0, 0.05) is 12.7 Å². The summed E-state index contributed by atoms with van der Waals surface area (Å²) in [4.78, 5) is 27.1. The van der Waals surface area contributed by atoms with Gasteiger partial charge in [-0.1, -0.05) is 48.2 Å². The second-order valence-electron chi connectivity index (χ2n) is 7.52. The molecular formula is C25H23NO5S2. The number of amides is 1. The number of esters is 1. The van der Waals surface area contributed by atoms with Gasteiger partial charge in [-0.3, -0.25) is 9.69 Å². The van der Waals surface area contributed by atoms with Crippen molar-refractivity contribution in [2.45, 2.75) is 18.9 Å². The minimum atomic E-state index is -0.478. The quantitative estimate of drug-likeness (QED) is 0.246. The number of ether oxygens (including phenoxy) is 3. The Morgan fingerprint density at radius 2 is 1.85 bits per heavy atom. The molecule has 33 heavy (non-hydrogen) atoms. The molecule has 0 bridgehead atoms. The van der Waals surface area contributed by atoms with Gasteiger partial charge in [-0.2, -0.15) is 0 Å². The van der Waals surface area contributed by atoms with E-state index in [1.807, 2.05) is 24.3 Å². The summed E-state index contributed by atoms with van der Waals surface area (Å²) in [6.07, 6.45) is 6.86. The number of thioether (sulfide) groups is 1. The lowest BCUT2D eigenvalue weighted by Gasteiger charge is -2.18. The van der Waals surface area contributed by atoms with Crippen molar-refractivity contribution in [1.82, 2.24) is 4.90 Å². The van der Waals surface area contributed by atoms with Crippen LogP contribution in [0.15, 0.2) is 59.5 Å². The molecule has 6 nitrogen and oxygen atoms in total. The molecule has 2 aromatic carbocycles. The Morgan fingerprint density at radius 3 is 2.52 bits per heavy atom. The van der Waals surface area contributed by atoms with Gasteiger partial charge in [-0.25, -0.2) is 4.79 Å². The van der Waals surface area contributed by atoms with Gasteiger partial charge < -0.3 is 14.2 Å². The van der Waals surface area contributed by atoms with Gasteiger partial charge in [0.15, 0.2) is 0 Å². The average molecular weight is 482 g/mol. The molecule has 0 spiro atoms. The molecule has 0 N–H and O–H groups in total. The molecule has 170 valence electrons. The van der Waals surface area contributed by atoms with E-state index in [1.165, 1.54) is 17.8 Å². The van der Waals surface area contributed by atoms with Crippen molar-refractivity contribution in [3.63, 3.8) is 0 Å². The van der Waals surface area contributed by atoms with Crippen LogP contribution in [0, 0.1) is 0 Å². The van der Waals surface area contributed by atoms with Crippen molar-refractivity contribution in [1.29, 1.82) is 0 Å². The number of hydrogen-bond acceptors (Lipinski definition) is 7. The predicted octanol–water partition coefficient (Wildman–Crippen LogP) is 4.69. The van der Waals surface area contributed by atoms with Crippen LogP contribution in [-0.4, -0.2) is 47.5 Å². The molecule has 2 heterocycles. The van der Waals surface area contributed by atoms with Gasteiger partial charge in [-0.15, -0.1) is 0 Å². The van der Waals surface area contributed by atoms with Crippen molar-refractivity contribution in [3.05, 3.63) is 70.6 Å². The molecule has 1 atom stereocenters. The van der Waals surface area contributed by atoms with Crippen LogP contribution in [0.4, 0.5) is 0 Å². The van der Waals surface area contributed by atoms with Gasteiger partial charge in [0.2, 0.25) is 0 Å². The van der Waals surface area contributed by atoms with Crippen LogP contribution in [0.25, 0.3) is 12.2 Å². The normalized spacial score (nSPS) is 19.6. The highest BCUT2D eigenvalue weighted by Crippen LogP contribution is 2.33. The lowest BCUT2D eigenvalue weighted by atomic mass is 10.2. The van der Waals surface area contributed by atoms with E-state index >= 15 is 0 Å². The fourth-order valence-electron chi connectivity index (χ4n) is 3.46. The average Bonchev–Trinajstić information content (AvgIpc) is 3.43. The number of nitrogens with zero attached hydrogens (tertiary/aromatic N) is 1. The van der Waals surface area contributed by atoms with Crippen molar-refractivity contribution >= 4 is 52.3 Å². The third kappa shape index (κ3) is 6.10. The molecule has 1 amide bonds. The van der Waals surface area contributed by atoms with Gasteiger partial charge in [-0.05, 0) is 60.4 Å². The molecule has 2 aliphatic rings. The van der Waals surface area contributed by atoms with E-state index in [0.717, 1.165) is 36.3 Å². The van der Waals surface area contributed by atoms with E-state index in [4.69, 9.17) is 26.4 Å². The van der Waals surface area contributed by atoms with E-state index < -0.39 is 5.97 Å². The highest BCUT2D eigenvalue weighted by atomic mass is 32.2. The Kier molecular flexibility index (Phi) is 7.59. The van der Waals surface area contributed by atoms with Crippen LogP contribution in [0.3, 0.4) is 0 Å². The molecule has 8 heteroatoms.